The van der Waals surface area contributed by atoms with Gasteiger partial charge in [0, 0.05) is 48.5 Å². The average molecular weight is 312 g/mol. The van der Waals surface area contributed by atoms with Crippen molar-refractivity contribution in [1.82, 2.24) is 9.80 Å². The Labute approximate surface area is 131 Å². The number of halogens is 2. The first-order valence-electron chi connectivity index (χ1n) is 8.64. The number of carbonyl (C=O) groups excluding carboxylic acids is 1. The third-order valence-corrected chi connectivity index (χ3v) is 6.48. The monoisotopic (exact) mass is 312 g/mol. The van der Waals surface area contributed by atoms with Gasteiger partial charge in [0.25, 0.3) is 5.92 Å². The van der Waals surface area contributed by atoms with Crippen molar-refractivity contribution in [2.45, 2.75) is 70.0 Å². The number of hydrogen-bond acceptors (Lipinski definition) is 2. The molecule has 0 aromatic heterocycles. The van der Waals surface area contributed by atoms with Crippen LogP contribution in [0.5, 0.6) is 0 Å². The maximum atomic E-state index is 13.3. The summed E-state index contributed by atoms with van der Waals surface area (Å²) in [4.78, 5) is 17.4. The zero-order valence-electron chi connectivity index (χ0n) is 13.7. The second-order valence-corrected chi connectivity index (χ2v) is 8.76. The van der Waals surface area contributed by atoms with Gasteiger partial charge >= 0.3 is 0 Å². The molecule has 0 radical (unpaired) electrons. The first-order chi connectivity index (χ1) is 10.2. The molecule has 1 amide bonds. The van der Waals surface area contributed by atoms with Gasteiger partial charge in [-0.25, -0.2) is 8.78 Å². The lowest BCUT2D eigenvalue weighted by atomic mass is 9.97. The molecule has 2 aliphatic heterocycles. The van der Waals surface area contributed by atoms with Crippen LogP contribution in [0.25, 0.3) is 0 Å². The number of carbonyl (C=O) groups is 1. The first kappa shape index (κ1) is 14.9. The van der Waals surface area contributed by atoms with Crippen LogP contribution in [-0.2, 0) is 4.79 Å². The van der Waals surface area contributed by atoms with Gasteiger partial charge in [-0.1, -0.05) is 0 Å². The largest absolute Gasteiger partial charge is 0.334 e. The fourth-order valence-electron chi connectivity index (χ4n) is 5.04. The SMILES string of the molecule is CC(C)(C)N1CC2CCC(C1)N2C(=O)C1CC2C(C1)C2(F)F. The van der Waals surface area contributed by atoms with Gasteiger partial charge in [-0.15, -0.1) is 0 Å². The van der Waals surface area contributed by atoms with Gasteiger partial charge in [-0.2, -0.15) is 0 Å². The smallest absolute Gasteiger partial charge is 0.254 e. The highest BCUT2D eigenvalue weighted by atomic mass is 19.3. The Hall–Kier alpha value is -0.710. The predicted octanol–water partition coefficient (Wildman–Crippen LogP) is 2.75. The van der Waals surface area contributed by atoms with Crippen LogP contribution < -0.4 is 0 Å². The number of likely N-dealkylation sites (tertiary alicyclic amines) is 1. The van der Waals surface area contributed by atoms with E-state index in [4.69, 9.17) is 0 Å². The highest BCUT2D eigenvalue weighted by Gasteiger charge is 2.72. The molecular formula is C17H26F2N2O. The summed E-state index contributed by atoms with van der Waals surface area (Å²) in [6.45, 7) is 8.52. The van der Waals surface area contributed by atoms with Crippen LogP contribution >= 0.6 is 0 Å². The summed E-state index contributed by atoms with van der Waals surface area (Å²) in [5.41, 5.74) is 0.132. The quantitative estimate of drug-likeness (QED) is 0.743. The van der Waals surface area contributed by atoms with Crippen molar-refractivity contribution >= 4 is 5.91 Å². The van der Waals surface area contributed by atoms with E-state index in [1.54, 1.807) is 0 Å². The lowest BCUT2D eigenvalue weighted by Crippen LogP contribution is -2.60. The zero-order chi connectivity index (χ0) is 15.9. The molecular weight excluding hydrogens is 286 g/mol. The molecule has 5 heteroatoms. The number of amides is 1. The minimum absolute atomic E-state index is 0.132. The van der Waals surface area contributed by atoms with Crippen LogP contribution in [0.4, 0.5) is 8.78 Å². The number of fused-ring (bicyclic) bond motifs is 3. The molecule has 0 N–H and O–H groups in total. The van der Waals surface area contributed by atoms with Gasteiger partial charge in [0.15, 0.2) is 0 Å². The molecule has 4 fully saturated rings. The second kappa shape index (κ2) is 4.43. The molecule has 2 saturated carbocycles. The van der Waals surface area contributed by atoms with E-state index in [0.29, 0.717) is 24.9 Å². The minimum atomic E-state index is -2.47. The third kappa shape index (κ3) is 2.04. The molecule has 2 heterocycles. The van der Waals surface area contributed by atoms with Crippen molar-refractivity contribution < 1.29 is 13.6 Å². The molecule has 2 saturated heterocycles. The molecule has 2 bridgehead atoms. The average Bonchev–Trinajstić information content (AvgIpc) is 2.81. The van der Waals surface area contributed by atoms with E-state index in [-0.39, 0.29) is 17.4 Å². The molecule has 22 heavy (non-hydrogen) atoms. The molecule has 0 aromatic carbocycles. The predicted molar refractivity (Wildman–Crippen MR) is 79.6 cm³/mol. The summed E-state index contributed by atoms with van der Waals surface area (Å²) >= 11 is 0. The number of alkyl halides is 2. The van der Waals surface area contributed by atoms with Crippen molar-refractivity contribution in [3.05, 3.63) is 0 Å². The van der Waals surface area contributed by atoms with Crippen molar-refractivity contribution in [2.24, 2.45) is 17.8 Å². The van der Waals surface area contributed by atoms with Crippen molar-refractivity contribution in [1.29, 1.82) is 0 Å². The molecule has 2 aliphatic carbocycles. The Morgan fingerprint density at radius 3 is 2.00 bits per heavy atom. The maximum Gasteiger partial charge on any atom is 0.254 e. The topological polar surface area (TPSA) is 23.6 Å². The Balaban J connectivity index is 1.43. The highest BCUT2D eigenvalue weighted by Crippen LogP contribution is 2.66. The number of hydrogen-bond donors (Lipinski definition) is 0. The number of nitrogens with zero attached hydrogens (tertiary/aromatic N) is 2. The summed E-state index contributed by atoms with van der Waals surface area (Å²) < 4.78 is 26.7. The summed E-state index contributed by atoms with van der Waals surface area (Å²) in [6, 6.07) is 0.589. The number of rotatable bonds is 1. The van der Waals surface area contributed by atoms with Crippen LogP contribution in [0.1, 0.15) is 46.5 Å². The Morgan fingerprint density at radius 2 is 1.55 bits per heavy atom. The molecule has 4 unspecified atom stereocenters. The van der Waals surface area contributed by atoms with E-state index in [2.05, 4.69) is 30.6 Å². The normalized spacial score (nSPS) is 43.3. The lowest BCUT2D eigenvalue weighted by Gasteiger charge is -2.47. The number of piperazine rings is 1. The summed E-state index contributed by atoms with van der Waals surface area (Å²) in [7, 11) is 0. The van der Waals surface area contributed by atoms with Gasteiger partial charge < -0.3 is 4.90 Å². The Morgan fingerprint density at radius 1 is 1.05 bits per heavy atom. The van der Waals surface area contributed by atoms with Gasteiger partial charge in [0.05, 0.1) is 0 Å². The third-order valence-electron chi connectivity index (χ3n) is 6.48. The van der Waals surface area contributed by atoms with E-state index in [9.17, 15) is 13.6 Å². The van der Waals surface area contributed by atoms with E-state index in [1.165, 1.54) is 0 Å². The molecule has 4 atom stereocenters. The van der Waals surface area contributed by atoms with Gasteiger partial charge in [-0.05, 0) is 46.5 Å². The van der Waals surface area contributed by atoms with Crippen molar-refractivity contribution in [3.63, 3.8) is 0 Å². The lowest BCUT2D eigenvalue weighted by molar-refractivity contribution is -0.143. The maximum absolute atomic E-state index is 13.3. The summed E-state index contributed by atoms with van der Waals surface area (Å²) in [5, 5.41) is 0. The fraction of sp³-hybridized carbons (Fsp3) is 0.941. The molecule has 3 nitrogen and oxygen atoms in total. The zero-order valence-corrected chi connectivity index (χ0v) is 13.7. The van der Waals surface area contributed by atoms with Crippen molar-refractivity contribution in [3.8, 4) is 0 Å². The van der Waals surface area contributed by atoms with Crippen LogP contribution in [0, 0.1) is 17.8 Å². The standard InChI is InChI=1S/C17H26F2N2O/c1-16(2,3)20-8-11-4-5-12(9-20)21(11)15(22)10-6-13-14(7-10)17(13,18)19/h10-14H,4-9H2,1-3H3. The van der Waals surface area contributed by atoms with Gasteiger partial charge in [0.2, 0.25) is 5.91 Å². The van der Waals surface area contributed by atoms with Crippen LogP contribution in [-0.4, -0.2) is 52.3 Å². The van der Waals surface area contributed by atoms with E-state index >= 15 is 0 Å². The van der Waals surface area contributed by atoms with E-state index < -0.39 is 17.8 Å². The van der Waals surface area contributed by atoms with Gasteiger partial charge in [-0.3, -0.25) is 9.69 Å². The molecule has 0 spiro atoms. The highest BCUT2D eigenvalue weighted by molar-refractivity contribution is 5.80. The molecule has 4 rings (SSSR count). The van der Waals surface area contributed by atoms with Gasteiger partial charge in [0.1, 0.15) is 0 Å². The molecule has 124 valence electrons. The minimum Gasteiger partial charge on any atom is -0.334 e. The molecule has 4 aliphatic rings. The molecule has 0 aromatic rings. The summed E-state index contributed by atoms with van der Waals surface area (Å²) in [6.07, 6.45) is 2.96. The fourth-order valence-corrected chi connectivity index (χ4v) is 5.04. The first-order valence-corrected chi connectivity index (χ1v) is 8.64. The van der Waals surface area contributed by atoms with Crippen LogP contribution in [0.2, 0.25) is 0 Å². The second-order valence-electron chi connectivity index (χ2n) is 8.76. The van der Waals surface area contributed by atoms with E-state index in [0.717, 1.165) is 25.9 Å². The van der Waals surface area contributed by atoms with Crippen LogP contribution in [0.3, 0.4) is 0 Å². The summed E-state index contributed by atoms with van der Waals surface area (Å²) in [5.74, 6) is -3.45. The van der Waals surface area contributed by atoms with Crippen molar-refractivity contribution in [2.75, 3.05) is 13.1 Å². The Bertz CT molecular complexity index is 473. The Kier molecular flexibility index (Phi) is 2.99. The van der Waals surface area contributed by atoms with E-state index in [1.807, 2.05) is 0 Å². The van der Waals surface area contributed by atoms with Crippen LogP contribution in [0.15, 0.2) is 0 Å².